The Kier molecular flexibility index (Phi) is 13.5. The first-order valence-electron chi connectivity index (χ1n) is 3.54. The molecule has 0 spiro atoms. The van der Waals surface area contributed by atoms with Crippen LogP contribution in [0.1, 0.15) is 11.4 Å². The van der Waals surface area contributed by atoms with Crippen LogP contribution in [0.5, 0.6) is 0 Å². The molecule has 0 aliphatic carbocycles. The molecule has 0 unspecified atom stereocenters. The molecule has 1 rings (SSSR count). The van der Waals surface area contributed by atoms with E-state index in [4.69, 9.17) is 17.5 Å². The molecule has 0 bridgehead atoms. The fourth-order valence-corrected chi connectivity index (χ4v) is 0.740. The van der Waals surface area contributed by atoms with Crippen molar-refractivity contribution in [3.63, 3.8) is 0 Å². The summed E-state index contributed by atoms with van der Waals surface area (Å²) in [5, 5.41) is 10.9. The van der Waals surface area contributed by atoms with Crippen LogP contribution in [0.15, 0.2) is 18.2 Å². The monoisotopic (exact) mass is 265 g/mol. The number of aryl methyl sites for hydroxylation is 2. The first kappa shape index (κ1) is 22.0. The Morgan fingerprint density at radius 1 is 1.06 bits per heavy atom. The summed E-state index contributed by atoms with van der Waals surface area (Å²) < 4.78 is 35.0. The van der Waals surface area contributed by atoms with Crippen LogP contribution < -0.4 is 63.8 Å². The van der Waals surface area contributed by atoms with Gasteiger partial charge in [0.1, 0.15) is 0 Å². The second kappa shape index (κ2) is 9.81. The van der Waals surface area contributed by atoms with Gasteiger partial charge in [-0.15, -0.1) is 0 Å². The molecule has 0 fully saturated rings. The van der Waals surface area contributed by atoms with Crippen LogP contribution in [0.2, 0.25) is 0 Å². The molecule has 0 aliphatic rings. The van der Waals surface area contributed by atoms with E-state index in [1.165, 1.54) is 0 Å². The van der Waals surface area contributed by atoms with Gasteiger partial charge < -0.3 is 14.3 Å². The van der Waals surface area contributed by atoms with Gasteiger partial charge in [-0.05, 0) is 6.07 Å². The zero-order valence-corrected chi connectivity index (χ0v) is 14.4. The van der Waals surface area contributed by atoms with E-state index in [0.717, 1.165) is 16.1 Å². The minimum Gasteiger partial charge on any atom is -0.759 e. The Balaban J connectivity index is -0.000000214. The fourth-order valence-electron chi connectivity index (χ4n) is 0.740. The minimum atomic E-state index is -5.17. The molecule has 0 aromatic carbocycles. The summed E-state index contributed by atoms with van der Waals surface area (Å²) in [5.41, 5.74) is 1.49. The molecule has 80 valence electrons. The van der Waals surface area contributed by atoms with Gasteiger partial charge in [-0.2, -0.15) is 4.73 Å². The Hall–Kier alpha value is 0.820. The maximum atomic E-state index is 10.9. The third-order valence-electron chi connectivity index (χ3n) is 1.32. The summed E-state index contributed by atoms with van der Waals surface area (Å²) >= 11 is 0. The molecule has 16 heavy (non-hydrogen) atoms. The molecule has 0 N–H and O–H groups in total. The first-order chi connectivity index (χ1) is 6.22. The van der Waals surface area contributed by atoms with Gasteiger partial charge in [-0.1, -0.05) is 0 Å². The molecule has 1 aromatic heterocycles. The molecule has 0 aliphatic heterocycles. The van der Waals surface area contributed by atoms with Gasteiger partial charge in [-0.25, -0.2) is 0 Å². The molecule has 1 aromatic rings. The molecule has 9 heteroatoms. The molecule has 0 amide bonds. The van der Waals surface area contributed by atoms with E-state index in [1.807, 2.05) is 6.07 Å². The van der Waals surface area contributed by atoms with Crippen molar-refractivity contribution >= 4 is 10.4 Å². The predicted molar refractivity (Wildman–Crippen MR) is 45.4 cm³/mol. The van der Waals surface area contributed by atoms with Gasteiger partial charge in [-0.3, -0.25) is 8.42 Å². The van der Waals surface area contributed by atoms with E-state index >= 15 is 0 Å². The topological polar surface area (TPSA) is 107 Å². The van der Waals surface area contributed by atoms with Crippen LogP contribution in [0.4, 0.5) is 0 Å². The SMILES string of the molecule is Cc1cccc(C)[n+]1[O-].O=S(=O)([O-])[O-].[Na+].[Na+]. The minimum absolute atomic E-state index is 0. The average Bonchev–Trinajstić information content (AvgIpc) is 1.97. The number of nitrogens with zero attached hydrogens (tertiary/aromatic N) is 1. The van der Waals surface area contributed by atoms with Crippen molar-refractivity contribution in [3.05, 3.63) is 34.8 Å². The summed E-state index contributed by atoms with van der Waals surface area (Å²) in [7, 11) is -5.17. The van der Waals surface area contributed by atoms with Gasteiger partial charge in [0.25, 0.3) is 0 Å². The maximum absolute atomic E-state index is 10.9. The largest absolute Gasteiger partial charge is 1.00 e. The van der Waals surface area contributed by atoms with Crippen molar-refractivity contribution in [2.75, 3.05) is 0 Å². The molecule has 6 nitrogen and oxygen atoms in total. The summed E-state index contributed by atoms with van der Waals surface area (Å²) in [6.07, 6.45) is 0. The number of aromatic nitrogens is 1. The first-order valence-corrected chi connectivity index (χ1v) is 4.87. The van der Waals surface area contributed by atoms with Crippen LogP contribution in [-0.4, -0.2) is 17.5 Å². The van der Waals surface area contributed by atoms with Crippen molar-refractivity contribution in [2.24, 2.45) is 0 Å². The summed E-state index contributed by atoms with van der Waals surface area (Å²) in [6, 6.07) is 5.46. The van der Waals surface area contributed by atoms with Crippen LogP contribution >= 0.6 is 0 Å². The molecule has 0 saturated heterocycles. The van der Waals surface area contributed by atoms with Crippen molar-refractivity contribution < 1.29 is 81.4 Å². The van der Waals surface area contributed by atoms with Crippen molar-refractivity contribution in [1.82, 2.24) is 0 Å². The van der Waals surface area contributed by atoms with Gasteiger partial charge in [0, 0.05) is 36.4 Å². The van der Waals surface area contributed by atoms with Crippen molar-refractivity contribution in [3.8, 4) is 0 Å². The van der Waals surface area contributed by atoms with Gasteiger partial charge in [0.15, 0.2) is 11.4 Å². The molecule has 0 saturated carbocycles. The quantitative estimate of drug-likeness (QED) is 0.152. The van der Waals surface area contributed by atoms with Crippen LogP contribution in [0, 0.1) is 19.1 Å². The zero-order chi connectivity index (χ0) is 11.4. The van der Waals surface area contributed by atoms with Crippen LogP contribution in [0.25, 0.3) is 0 Å². The van der Waals surface area contributed by atoms with E-state index < -0.39 is 10.4 Å². The number of hydrogen-bond acceptors (Lipinski definition) is 5. The van der Waals surface area contributed by atoms with E-state index in [2.05, 4.69) is 0 Å². The van der Waals surface area contributed by atoms with E-state index in [0.29, 0.717) is 0 Å². The summed E-state index contributed by atoms with van der Waals surface area (Å²) in [5.74, 6) is 0. The normalized spacial score (nSPS) is 9.00. The molecule has 0 radical (unpaired) electrons. The predicted octanol–water partition coefficient (Wildman–Crippen LogP) is -6.39. The van der Waals surface area contributed by atoms with Crippen LogP contribution in [-0.2, 0) is 10.4 Å². The zero-order valence-electron chi connectivity index (χ0n) is 9.63. The van der Waals surface area contributed by atoms with Gasteiger partial charge >= 0.3 is 59.1 Å². The van der Waals surface area contributed by atoms with E-state index in [9.17, 15) is 5.21 Å². The Morgan fingerprint density at radius 2 is 1.31 bits per heavy atom. The van der Waals surface area contributed by atoms with E-state index in [-0.39, 0.29) is 59.1 Å². The second-order valence-electron chi connectivity index (χ2n) is 2.51. The Labute approximate surface area is 139 Å². The Bertz CT molecular complexity index is 381. The number of pyridine rings is 1. The number of hydrogen-bond donors (Lipinski definition) is 0. The Morgan fingerprint density at radius 3 is 1.50 bits per heavy atom. The third-order valence-corrected chi connectivity index (χ3v) is 1.32. The summed E-state index contributed by atoms with van der Waals surface area (Å²) in [6.45, 7) is 3.58. The van der Waals surface area contributed by atoms with Gasteiger partial charge in [0.2, 0.25) is 0 Å². The average molecular weight is 265 g/mol. The third kappa shape index (κ3) is 12.9. The second-order valence-corrected chi connectivity index (χ2v) is 3.33. The van der Waals surface area contributed by atoms with Crippen LogP contribution in [0.3, 0.4) is 0 Å². The smallest absolute Gasteiger partial charge is 0.759 e. The molecule has 1 heterocycles. The van der Waals surface area contributed by atoms with Crippen molar-refractivity contribution in [1.29, 1.82) is 0 Å². The van der Waals surface area contributed by atoms with Crippen molar-refractivity contribution in [2.45, 2.75) is 13.8 Å². The van der Waals surface area contributed by atoms with E-state index in [1.54, 1.807) is 26.0 Å². The fraction of sp³-hybridized carbons (Fsp3) is 0.286. The maximum Gasteiger partial charge on any atom is 1.00 e. The number of rotatable bonds is 0. The molecular formula is C7H9NNa2O5S. The molecule has 0 atom stereocenters. The summed E-state index contributed by atoms with van der Waals surface area (Å²) in [4.78, 5) is 0. The van der Waals surface area contributed by atoms with Gasteiger partial charge in [0.05, 0.1) is 0 Å². The molecular weight excluding hydrogens is 256 g/mol. The standard InChI is InChI=1S/C7H9NO.2Na.H2O4S/c1-6-4-3-5-7(2)8(6)9;;;1-5(2,3)4/h3-5H,1-2H3;;;(H2,1,2,3,4)/q;2*+1;/p-2.